The molecular formula is C46H52N4O7S. The lowest BCUT2D eigenvalue weighted by atomic mass is 9.82. The molecule has 12 heteroatoms. The van der Waals surface area contributed by atoms with Crippen molar-refractivity contribution in [2.75, 3.05) is 30.3 Å². The molecule has 11 nitrogen and oxygen atoms in total. The summed E-state index contributed by atoms with van der Waals surface area (Å²) in [7, 11) is 0. The van der Waals surface area contributed by atoms with Gasteiger partial charge in [-0.2, -0.15) is 0 Å². The normalized spacial score (nSPS) is 18.6. The van der Waals surface area contributed by atoms with E-state index in [1.807, 2.05) is 59.5 Å². The Kier molecular flexibility index (Phi) is 12.4. The van der Waals surface area contributed by atoms with Crippen LogP contribution in [0.3, 0.4) is 0 Å². The molecule has 8 rings (SSSR count). The quantitative estimate of drug-likeness (QED) is 0.0945. The maximum atomic E-state index is 14.0. The molecule has 3 aliphatic heterocycles. The van der Waals surface area contributed by atoms with Gasteiger partial charge in [0.2, 0.25) is 5.91 Å². The minimum Gasteiger partial charge on any atom is -0.481 e. The predicted octanol–water partition coefficient (Wildman–Crippen LogP) is 7.93. The van der Waals surface area contributed by atoms with E-state index in [-0.39, 0.29) is 42.2 Å². The lowest BCUT2D eigenvalue weighted by Crippen LogP contribution is -2.58. The summed E-state index contributed by atoms with van der Waals surface area (Å²) < 4.78 is 0. The molecule has 58 heavy (non-hydrogen) atoms. The van der Waals surface area contributed by atoms with E-state index >= 15 is 0 Å². The van der Waals surface area contributed by atoms with Gasteiger partial charge < -0.3 is 30.6 Å². The molecular weight excluding hydrogens is 753 g/mol. The van der Waals surface area contributed by atoms with Crippen LogP contribution >= 0.6 is 11.3 Å². The predicted molar refractivity (Wildman–Crippen MR) is 225 cm³/mol. The largest absolute Gasteiger partial charge is 0.481 e. The molecule has 3 fully saturated rings. The Labute approximate surface area is 343 Å². The highest BCUT2D eigenvalue weighted by Crippen LogP contribution is 2.39. The summed E-state index contributed by atoms with van der Waals surface area (Å²) >= 11 is 1.46. The molecule has 1 aliphatic carbocycles. The summed E-state index contributed by atoms with van der Waals surface area (Å²) in [5, 5.41) is 25.5. The first-order valence-electron chi connectivity index (χ1n) is 20.4. The lowest BCUT2D eigenvalue weighted by Gasteiger charge is -2.49. The van der Waals surface area contributed by atoms with E-state index in [1.54, 1.807) is 32.0 Å². The number of carboxylic acid groups (broad SMARTS) is 2. The molecule has 4 heterocycles. The Morgan fingerprint density at radius 2 is 1.48 bits per heavy atom. The van der Waals surface area contributed by atoms with Crippen LogP contribution in [0.25, 0.3) is 0 Å². The molecule has 0 saturated carbocycles. The third-order valence-electron chi connectivity index (χ3n) is 12.2. The molecule has 3 amide bonds. The Hall–Kier alpha value is -5.33. The second-order valence-electron chi connectivity index (χ2n) is 16.6. The number of anilines is 2. The van der Waals surface area contributed by atoms with Gasteiger partial charge in [-0.05, 0) is 149 Å². The summed E-state index contributed by atoms with van der Waals surface area (Å²) in [6.07, 6.45) is 7.54. The number of carbonyl (C=O) groups is 5. The van der Waals surface area contributed by atoms with Gasteiger partial charge in [0.15, 0.2) is 0 Å². The molecule has 1 aromatic heterocycles. The number of carboxylic acids is 2. The minimum atomic E-state index is -1.02. The summed E-state index contributed by atoms with van der Waals surface area (Å²) in [4.78, 5) is 70.3. The van der Waals surface area contributed by atoms with Gasteiger partial charge in [0.1, 0.15) is 5.00 Å². The molecule has 3 aromatic carbocycles. The molecule has 0 radical (unpaired) electrons. The third kappa shape index (κ3) is 9.51. The van der Waals surface area contributed by atoms with Crippen molar-refractivity contribution in [1.29, 1.82) is 0 Å². The van der Waals surface area contributed by atoms with Gasteiger partial charge in [-0.3, -0.25) is 19.2 Å². The van der Waals surface area contributed by atoms with Crippen LogP contribution in [0.5, 0.6) is 0 Å². The molecule has 0 spiro atoms. The number of nitrogens with zero attached hydrogens (tertiary/aromatic N) is 2. The maximum absolute atomic E-state index is 14.0. The highest BCUT2D eigenvalue weighted by molar-refractivity contribution is 7.17. The van der Waals surface area contributed by atoms with Crippen molar-refractivity contribution < 1.29 is 34.2 Å². The smallest absolute Gasteiger partial charge is 0.335 e. The fraction of sp³-hybridized carbons (Fsp3) is 0.413. The van der Waals surface area contributed by atoms with Crippen LogP contribution in [-0.4, -0.2) is 75.3 Å². The average Bonchev–Trinajstić information content (AvgIpc) is 3.60. The van der Waals surface area contributed by atoms with E-state index in [0.29, 0.717) is 34.3 Å². The number of carbonyl (C=O) groups excluding carboxylic acids is 3. The van der Waals surface area contributed by atoms with Crippen molar-refractivity contribution in [1.82, 2.24) is 9.80 Å². The first-order chi connectivity index (χ1) is 27.8. The van der Waals surface area contributed by atoms with Crippen molar-refractivity contribution >= 4 is 51.7 Å². The van der Waals surface area contributed by atoms with Gasteiger partial charge in [-0.25, -0.2) is 4.79 Å². The Balaban J connectivity index is 1.04. The molecule has 2 bridgehead atoms. The van der Waals surface area contributed by atoms with E-state index in [4.69, 9.17) is 5.11 Å². The summed E-state index contributed by atoms with van der Waals surface area (Å²) in [5.41, 5.74) is 4.75. The standard InChI is InChI=1S/C46H52N4O7S/c1-46(2,45(56)57)23-20-39(51)50(37-28-49-24-21-32(37)22-25-49)27-31-6-5-7-34(26-31)41(52)48-43-40(36-8-3-4-9-38(36)58-43)42(53)47-35-18-14-30(15-19-35)11-10-29-12-16-33(17-13-29)44(54)55/h5-7,12-19,26,32,37H,3-4,8-11,20-25,27-28H2,1-2H3,(H,47,53)(H,48,52)(H,54,55)(H,56,57)/t37-/m0/s1. The zero-order valence-electron chi connectivity index (χ0n) is 33.2. The zero-order chi connectivity index (χ0) is 41.0. The Bertz CT molecular complexity index is 2170. The van der Waals surface area contributed by atoms with Gasteiger partial charge >= 0.3 is 11.9 Å². The summed E-state index contributed by atoms with van der Waals surface area (Å²) in [5.74, 6) is -2.16. The fourth-order valence-electron chi connectivity index (χ4n) is 8.48. The highest BCUT2D eigenvalue weighted by Gasteiger charge is 2.40. The van der Waals surface area contributed by atoms with Crippen molar-refractivity contribution in [2.24, 2.45) is 11.3 Å². The van der Waals surface area contributed by atoms with Crippen molar-refractivity contribution in [3.8, 4) is 0 Å². The molecule has 4 aromatic rings. The number of fused-ring (bicyclic) bond motifs is 4. The van der Waals surface area contributed by atoms with E-state index in [9.17, 15) is 29.1 Å². The number of nitrogens with one attached hydrogen (secondary N) is 2. The average molecular weight is 805 g/mol. The van der Waals surface area contributed by atoms with Crippen LogP contribution in [0.15, 0.2) is 72.8 Å². The van der Waals surface area contributed by atoms with E-state index in [2.05, 4.69) is 15.5 Å². The number of rotatable bonds is 15. The van der Waals surface area contributed by atoms with Crippen LogP contribution in [0.1, 0.15) is 111 Å². The van der Waals surface area contributed by atoms with Crippen LogP contribution in [0.2, 0.25) is 0 Å². The number of aryl methyl sites for hydroxylation is 3. The van der Waals surface area contributed by atoms with E-state index in [0.717, 1.165) is 98.1 Å². The summed E-state index contributed by atoms with van der Waals surface area (Å²) in [6.45, 7) is 6.47. The Morgan fingerprint density at radius 3 is 2.12 bits per heavy atom. The number of piperidine rings is 3. The molecule has 1 atom stereocenters. The molecule has 0 unspecified atom stereocenters. The highest BCUT2D eigenvalue weighted by atomic mass is 32.1. The van der Waals surface area contributed by atoms with E-state index < -0.39 is 17.4 Å². The molecule has 4 aliphatic rings. The lowest BCUT2D eigenvalue weighted by molar-refractivity contribution is -0.148. The zero-order valence-corrected chi connectivity index (χ0v) is 34.0. The summed E-state index contributed by atoms with van der Waals surface area (Å²) in [6, 6.07) is 21.9. The number of aromatic carboxylic acids is 1. The van der Waals surface area contributed by atoms with Gasteiger partial charge in [0, 0.05) is 41.7 Å². The van der Waals surface area contributed by atoms with Crippen LogP contribution in [0.4, 0.5) is 10.7 Å². The first-order valence-corrected chi connectivity index (χ1v) is 21.2. The van der Waals surface area contributed by atoms with Crippen molar-refractivity contribution in [3.63, 3.8) is 0 Å². The number of hydrogen-bond acceptors (Lipinski definition) is 7. The van der Waals surface area contributed by atoms with Gasteiger partial charge in [0.05, 0.1) is 16.5 Å². The topological polar surface area (TPSA) is 156 Å². The molecule has 3 saturated heterocycles. The van der Waals surface area contributed by atoms with Crippen molar-refractivity contribution in [3.05, 3.63) is 117 Å². The second kappa shape index (κ2) is 17.7. The minimum absolute atomic E-state index is 0.0279. The van der Waals surface area contributed by atoms with Crippen molar-refractivity contribution in [2.45, 2.75) is 90.6 Å². The first kappa shape index (κ1) is 40.9. The molecule has 304 valence electrons. The van der Waals surface area contributed by atoms with Crippen LogP contribution < -0.4 is 10.6 Å². The maximum Gasteiger partial charge on any atom is 0.335 e. The number of aliphatic carboxylic acids is 1. The van der Waals surface area contributed by atoms with E-state index in [1.165, 1.54) is 11.3 Å². The Morgan fingerprint density at radius 1 is 0.810 bits per heavy atom. The monoisotopic (exact) mass is 804 g/mol. The fourth-order valence-corrected chi connectivity index (χ4v) is 9.76. The van der Waals surface area contributed by atoms with Crippen LogP contribution in [-0.2, 0) is 41.8 Å². The SMILES string of the molecule is CC(C)(CCC(=O)N(Cc1cccc(C(=O)Nc2sc3c(c2C(=O)Nc2ccc(CCc4ccc(C(=O)O)cc4)cc2)CCCC3)c1)[C@H]1CN2CCC1CC2)C(=O)O. The third-order valence-corrected chi connectivity index (χ3v) is 13.4. The second-order valence-corrected chi connectivity index (χ2v) is 17.7. The van der Waals surface area contributed by atoms with Gasteiger partial charge in [-0.15, -0.1) is 11.3 Å². The van der Waals surface area contributed by atoms with Crippen LogP contribution in [0, 0.1) is 11.3 Å². The number of hydrogen-bond donors (Lipinski definition) is 4. The van der Waals surface area contributed by atoms with Gasteiger partial charge in [0.25, 0.3) is 11.8 Å². The van der Waals surface area contributed by atoms with Gasteiger partial charge in [-0.1, -0.05) is 36.4 Å². The molecule has 4 N–H and O–H groups in total. The number of thiophene rings is 1. The number of benzene rings is 3. The number of amides is 3.